The fraction of sp³-hybridized carbons (Fsp3) is 0.267. The summed E-state index contributed by atoms with van der Waals surface area (Å²) in [5, 5.41) is 9.75. The average molecular weight is 299 g/mol. The minimum Gasteiger partial charge on any atom is -0.363 e. The van der Waals surface area contributed by atoms with Crippen LogP contribution in [0.4, 0.5) is 11.8 Å². The van der Waals surface area contributed by atoms with Crippen LogP contribution in [0.3, 0.4) is 0 Å². The van der Waals surface area contributed by atoms with Crippen molar-refractivity contribution in [2.24, 2.45) is 0 Å². The van der Waals surface area contributed by atoms with E-state index in [2.05, 4.69) is 38.6 Å². The second-order valence-electron chi connectivity index (χ2n) is 4.71. The predicted molar refractivity (Wildman–Crippen MR) is 87.9 cm³/mol. The van der Waals surface area contributed by atoms with Crippen molar-refractivity contribution in [2.45, 2.75) is 19.9 Å². The Hall–Kier alpha value is -2.21. The molecule has 0 fully saturated rings. The number of hydrogen-bond donors (Lipinski definition) is 2. The first-order valence-electron chi connectivity index (χ1n) is 6.93. The van der Waals surface area contributed by atoms with Crippen molar-refractivity contribution >= 4 is 33.3 Å². The zero-order chi connectivity index (χ0) is 14.7. The van der Waals surface area contributed by atoms with Crippen LogP contribution in [-0.4, -0.2) is 21.5 Å². The molecule has 0 spiro atoms. The lowest BCUT2D eigenvalue weighted by atomic mass is 10.1. The molecule has 0 amide bonds. The Kier molecular flexibility index (Phi) is 3.96. The third-order valence-electron chi connectivity index (χ3n) is 3.22. The van der Waals surface area contributed by atoms with Gasteiger partial charge in [-0.05, 0) is 43.0 Å². The van der Waals surface area contributed by atoms with Gasteiger partial charge >= 0.3 is 0 Å². The van der Waals surface area contributed by atoms with Crippen LogP contribution in [0.15, 0.2) is 36.0 Å². The number of hydrogen-bond acceptors (Lipinski definition) is 6. The summed E-state index contributed by atoms with van der Waals surface area (Å²) in [6.07, 6.45) is 3.61. The molecule has 0 saturated carbocycles. The molecule has 5 nitrogen and oxygen atoms in total. The monoisotopic (exact) mass is 299 g/mol. The van der Waals surface area contributed by atoms with Crippen LogP contribution in [0.1, 0.15) is 25.5 Å². The van der Waals surface area contributed by atoms with Crippen molar-refractivity contribution in [3.8, 4) is 0 Å². The van der Waals surface area contributed by atoms with E-state index >= 15 is 0 Å². The van der Waals surface area contributed by atoms with Gasteiger partial charge in [-0.2, -0.15) is 4.98 Å². The van der Waals surface area contributed by atoms with Crippen LogP contribution in [0, 0.1) is 0 Å². The molecule has 0 radical (unpaired) electrons. The molecule has 3 heterocycles. The van der Waals surface area contributed by atoms with Gasteiger partial charge in [-0.3, -0.25) is 4.98 Å². The molecule has 0 bridgehead atoms. The maximum Gasteiger partial charge on any atom is 0.226 e. The molecule has 0 aliphatic heterocycles. The number of anilines is 2. The summed E-state index contributed by atoms with van der Waals surface area (Å²) < 4.78 is 0. The van der Waals surface area contributed by atoms with Gasteiger partial charge in [0.15, 0.2) is 0 Å². The molecule has 1 unspecified atom stereocenters. The fourth-order valence-electron chi connectivity index (χ4n) is 2.14. The normalized spacial score (nSPS) is 12.3. The predicted octanol–water partition coefficient (Wildman–Crippen LogP) is 3.69. The quantitative estimate of drug-likeness (QED) is 0.752. The summed E-state index contributed by atoms with van der Waals surface area (Å²) in [4.78, 5) is 14.1. The first-order valence-corrected chi connectivity index (χ1v) is 7.81. The summed E-state index contributed by atoms with van der Waals surface area (Å²) in [5.74, 6) is 1.53. The SMILES string of the molecule is CCNc1nc(NC(C)c2ccncc2)c2ccsc2n1. The second kappa shape index (κ2) is 6.05. The van der Waals surface area contributed by atoms with Crippen LogP contribution >= 0.6 is 11.3 Å². The van der Waals surface area contributed by atoms with Crippen molar-refractivity contribution in [2.75, 3.05) is 17.2 Å². The summed E-state index contributed by atoms with van der Waals surface area (Å²) in [6.45, 7) is 4.95. The number of rotatable bonds is 5. The first kappa shape index (κ1) is 13.8. The number of nitrogens with one attached hydrogen (secondary N) is 2. The van der Waals surface area contributed by atoms with Crippen LogP contribution in [0.5, 0.6) is 0 Å². The minimum atomic E-state index is 0.153. The lowest BCUT2D eigenvalue weighted by molar-refractivity contribution is 0.872. The first-order chi connectivity index (χ1) is 10.3. The largest absolute Gasteiger partial charge is 0.363 e. The molecule has 3 rings (SSSR count). The summed E-state index contributed by atoms with van der Waals surface area (Å²) >= 11 is 1.62. The number of aromatic nitrogens is 3. The smallest absolute Gasteiger partial charge is 0.226 e. The maximum atomic E-state index is 4.59. The summed E-state index contributed by atoms with van der Waals surface area (Å²) in [7, 11) is 0. The van der Waals surface area contributed by atoms with Crippen molar-refractivity contribution in [1.29, 1.82) is 0 Å². The van der Waals surface area contributed by atoms with Crippen LogP contribution in [0.25, 0.3) is 10.2 Å². The lowest BCUT2D eigenvalue weighted by Gasteiger charge is -2.16. The van der Waals surface area contributed by atoms with E-state index in [0.29, 0.717) is 5.95 Å². The number of fused-ring (bicyclic) bond motifs is 1. The molecular weight excluding hydrogens is 282 g/mol. The Morgan fingerprint density at radius 3 is 2.76 bits per heavy atom. The average Bonchev–Trinajstić information content (AvgIpc) is 2.97. The van der Waals surface area contributed by atoms with Gasteiger partial charge in [-0.25, -0.2) is 4.98 Å². The van der Waals surface area contributed by atoms with E-state index in [1.54, 1.807) is 23.7 Å². The molecule has 3 aromatic rings. The Morgan fingerprint density at radius 2 is 2.00 bits per heavy atom. The van der Waals surface area contributed by atoms with Gasteiger partial charge in [0.25, 0.3) is 0 Å². The molecule has 3 aromatic heterocycles. The molecular formula is C15H17N5S. The zero-order valence-corrected chi connectivity index (χ0v) is 12.8. The van der Waals surface area contributed by atoms with Gasteiger partial charge in [0, 0.05) is 18.9 Å². The van der Waals surface area contributed by atoms with Gasteiger partial charge in [-0.15, -0.1) is 11.3 Å². The topological polar surface area (TPSA) is 62.7 Å². The Morgan fingerprint density at radius 1 is 1.19 bits per heavy atom. The van der Waals surface area contributed by atoms with E-state index in [-0.39, 0.29) is 6.04 Å². The molecule has 1 atom stereocenters. The van der Waals surface area contributed by atoms with E-state index in [1.165, 1.54) is 5.56 Å². The highest BCUT2D eigenvalue weighted by molar-refractivity contribution is 7.16. The van der Waals surface area contributed by atoms with Crippen LogP contribution < -0.4 is 10.6 Å². The molecule has 0 aliphatic carbocycles. The molecule has 108 valence electrons. The number of thiophene rings is 1. The number of pyridine rings is 1. The van der Waals surface area contributed by atoms with Crippen molar-refractivity contribution < 1.29 is 0 Å². The van der Waals surface area contributed by atoms with E-state index in [4.69, 9.17) is 0 Å². The van der Waals surface area contributed by atoms with E-state index in [9.17, 15) is 0 Å². The third kappa shape index (κ3) is 2.95. The lowest BCUT2D eigenvalue weighted by Crippen LogP contribution is -2.10. The van der Waals surface area contributed by atoms with Crippen LogP contribution in [-0.2, 0) is 0 Å². The minimum absolute atomic E-state index is 0.153. The Bertz CT molecular complexity index is 725. The Balaban J connectivity index is 1.93. The summed E-state index contributed by atoms with van der Waals surface area (Å²) in [5.41, 5.74) is 1.18. The molecule has 0 aromatic carbocycles. The van der Waals surface area contributed by atoms with E-state index < -0.39 is 0 Å². The van der Waals surface area contributed by atoms with Gasteiger partial charge < -0.3 is 10.6 Å². The van der Waals surface area contributed by atoms with Gasteiger partial charge in [-0.1, -0.05) is 0 Å². The van der Waals surface area contributed by atoms with E-state index in [1.807, 2.05) is 24.4 Å². The van der Waals surface area contributed by atoms with E-state index in [0.717, 1.165) is 22.6 Å². The second-order valence-corrected chi connectivity index (χ2v) is 5.61. The van der Waals surface area contributed by atoms with Crippen molar-refractivity contribution in [3.63, 3.8) is 0 Å². The highest BCUT2D eigenvalue weighted by Crippen LogP contribution is 2.29. The van der Waals surface area contributed by atoms with Crippen molar-refractivity contribution in [3.05, 3.63) is 41.5 Å². The van der Waals surface area contributed by atoms with Gasteiger partial charge in [0.05, 0.1) is 11.4 Å². The molecule has 2 N–H and O–H groups in total. The Labute approximate surface area is 127 Å². The zero-order valence-electron chi connectivity index (χ0n) is 12.0. The third-order valence-corrected chi connectivity index (χ3v) is 4.03. The highest BCUT2D eigenvalue weighted by atomic mass is 32.1. The molecule has 0 aliphatic rings. The molecule has 21 heavy (non-hydrogen) atoms. The fourth-order valence-corrected chi connectivity index (χ4v) is 2.91. The maximum absolute atomic E-state index is 4.59. The van der Waals surface area contributed by atoms with Crippen molar-refractivity contribution in [1.82, 2.24) is 15.0 Å². The van der Waals surface area contributed by atoms with Gasteiger partial charge in [0.2, 0.25) is 5.95 Å². The number of nitrogens with zero attached hydrogens (tertiary/aromatic N) is 3. The summed E-state index contributed by atoms with van der Waals surface area (Å²) in [6, 6.07) is 6.22. The standard InChI is InChI=1S/C15H17N5S/c1-3-17-15-19-13(12-6-9-21-14(12)20-15)18-10(2)11-4-7-16-8-5-11/h4-10H,3H2,1-2H3,(H2,17,18,19,20). The molecule has 6 heteroatoms. The van der Waals surface area contributed by atoms with Gasteiger partial charge in [0.1, 0.15) is 10.6 Å². The molecule has 0 saturated heterocycles. The highest BCUT2D eigenvalue weighted by Gasteiger charge is 2.12. The van der Waals surface area contributed by atoms with Crippen LogP contribution in [0.2, 0.25) is 0 Å².